The van der Waals surface area contributed by atoms with Gasteiger partial charge in [-0.15, -0.1) is 0 Å². The average molecular weight is 400 g/mol. The predicted molar refractivity (Wildman–Crippen MR) is 119 cm³/mol. The van der Waals surface area contributed by atoms with Crippen molar-refractivity contribution in [3.8, 4) is 0 Å². The molecule has 1 amide bonds. The van der Waals surface area contributed by atoms with Crippen LogP contribution in [0, 0.1) is 5.92 Å². The third-order valence-electron chi connectivity index (χ3n) is 5.94. The monoisotopic (exact) mass is 399 g/mol. The van der Waals surface area contributed by atoms with Gasteiger partial charge in [0.05, 0.1) is 6.54 Å². The number of carbonyl (C=O) groups is 1. The van der Waals surface area contributed by atoms with Crippen molar-refractivity contribution in [1.29, 1.82) is 0 Å². The lowest BCUT2D eigenvalue weighted by Crippen LogP contribution is -2.53. The SMILES string of the molecule is CCNC(=NCc1ccc(CN2CCCC(C)C2)cc1)N1CCN(C(C)=O)CC1. The number of aliphatic imine (C=N–C) groups is 1. The molecule has 0 bridgehead atoms. The van der Waals surface area contributed by atoms with Crippen LogP contribution in [0.4, 0.5) is 0 Å². The van der Waals surface area contributed by atoms with Crippen molar-refractivity contribution < 1.29 is 4.79 Å². The molecule has 1 aromatic rings. The van der Waals surface area contributed by atoms with Gasteiger partial charge in [-0.2, -0.15) is 0 Å². The molecule has 2 heterocycles. The van der Waals surface area contributed by atoms with Gasteiger partial charge in [-0.1, -0.05) is 31.2 Å². The molecule has 0 aromatic heterocycles. The summed E-state index contributed by atoms with van der Waals surface area (Å²) in [6.07, 6.45) is 2.69. The van der Waals surface area contributed by atoms with Crippen LogP contribution >= 0.6 is 0 Å². The highest BCUT2D eigenvalue weighted by Gasteiger charge is 2.21. The topological polar surface area (TPSA) is 51.2 Å². The van der Waals surface area contributed by atoms with Crippen LogP contribution in [0.5, 0.6) is 0 Å². The largest absolute Gasteiger partial charge is 0.357 e. The Bertz CT molecular complexity index is 679. The van der Waals surface area contributed by atoms with Gasteiger partial charge in [0.25, 0.3) is 0 Å². The summed E-state index contributed by atoms with van der Waals surface area (Å²) in [5, 5.41) is 3.40. The Morgan fingerprint density at radius 2 is 1.72 bits per heavy atom. The molecule has 1 N–H and O–H groups in total. The van der Waals surface area contributed by atoms with Crippen LogP contribution < -0.4 is 5.32 Å². The van der Waals surface area contributed by atoms with Crippen molar-refractivity contribution in [2.24, 2.45) is 10.9 Å². The van der Waals surface area contributed by atoms with Crippen LogP contribution in [-0.2, 0) is 17.9 Å². The number of hydrogen-bond donors (Lipinski definition) is 1. The fourth-order valence-electron chi connectivity index (χ4n) is 4.26. The summed E-state index contributed by atoms with van der Waals surface area (Å²) in [5.41, 5.74) is 2.62. The summed E-state index contributed by atoms with van der Waals surface area (Å²) in [7, 11) is 0. The molecule has 1 aromatic carbocycles. The average Bonchev–Trinajstić information content (AvgIpc) is 2.72. The van der Waals surface area contributed by atoms with E-state index in [9.17, 15) is 4.79 Å². The highest BCUT2D eigenvalue weighted by atomic mass is 16.2. The zero-order valence-corrected chi connectivity index (χ0v) is 18.4. The molecule has 6 heteroatoms. The van der Waals surface area contributed by atoms with E-state index in [-0.39, 0.29) is 5.91 Å². The number of guanidine groups is 1. The van der Waals surface area contributed by atoms with E-state index in [1.807, 2.05) is 4.90 Å². The van der Waals surface area contributed by atoms with Gasteiger partial charge < -0.3 is 15.1 Å². The van der Waals surface area contributed by atoms with Crippen molar-refractivity contribution in [3.05, 3.63) is 35.4 Å². The number of hydrogen-bond acceptors (Lipinski definition) is 3. The van der Waals surface area contributed by atoms with Crippen LogP contribution in [0.3, 0.4) is 0 Å². The second-order valence-electron chi connectivity index (χ2n) is 8.46. The molecule has 2 aliphatic heterocycles. The number of nitrogens with one attached hydrogen (secondary N) is 1. The molecule has 2 saturated heterocycles. The predicted octanol–water partition coefficient (Wildman–Crippen LogP) is 2.55. The smallest absolute Gasteiger partial charge is 0.219 e. The Kier molecular flexibility index (Phi) is 7.92. The minimum Gasteiger partial charge on any atom is -0.357 e. The Labute approximate surface area is 176 Å². The van der Waals surface area contributed by atoms with Crippen LogP contribution in [-0.4, -0.2) is 72.4 Å². The Morgan fingerprint density at radius 1 is 1.07 bits per heavy atom. The third kappa shape index (κ3) is 6.46. The molecule has 0 radical (unpaired) electrons. The van der Waals surface area contributed by atoms with Gasteiger partial charge in [0.15, 0.2) is 5.96 Å². The van der Waals surface area contributed by atoms with Gasteiger partial charge in [0.2, 0.25) is 5.91 Å². The Hall–Kier alpha value is -2.08. The molecule has 3 rings (SSSR count). The fourth-order valence-corrected chi connectivity index (χ4v) is 4.26. The first-order valence-corrected chi connectivity index (χ1v) is 11.1. The minimum absolute atomic E-state index is 0.158. The van der Waals surface area contributed by atoms with E-state index in [4.69, 9.17) is 4.99 Å². The number of amides is 1. The number of piperazine rings is 1. The Morgan fingerprint density at radius 3 is 2.34 bits per heavy atom. The number of piperidine rings is 1. The molecule has 1 unspecified atom stereocenters. The highest BCUT2D eigenvalue weighted by molar-refractivity contribution is 5.80. The first kappa shape index (κ1) is 21.6. The molecule has 0 spiro atoms. The lowest BCUT2D eigenvalue weighted by Gasteiger charge is -2.36. The molecular formula is C23H37N5O. The van der Waals surface area contributed by atoms with Gasteiger partial charge in [0, 0.05) is 52.7 Å². The summed E-state index contributed by atoms with van der Waals surface area (Å²) in [5.74, 6) is 1.92. The second kappa shape index (κ2) is 10.6. The zero-order chi connectivity index (χ0) is 20.6. The normalized spacial score (nSPS) is 21.3. The third-order valence-corrected chi connectivity index (χ3v) is 5.94. The molecule has 29 heavy (non-hydrogen) atoms. The summed E-state index contributed by atoms with van der Waals surface area (Å²) in [4.78, 5) is 23.1. The van der Waals surface area contributed by atoms with E-state index in [2.05, 4.69) is 53.2 Å². The van der Waals surface area contributed by atoms with E-state index in [0.717, 1.165) is 51.1 Å². The molecule has 2 aliphatic rings. The fraction of sp³-hybridized carbons (Fsp3) is 0.652. The standard InChI is InChI=1S/C23H37N5O/c1-4-24-23(28-14-12-27(13-15-28)20(3)29)25-16-21-7-9-22(10-8-21)18-26-11-5-6-19(2)17-26/h7-10,19H,4-6,11-18H2,1-3H3,(H,24,25). The number of nitrogens with zero attached hydrogens (tertiary/aromatic N) is 4. The minimum atomic E-state index is 0.158. The molecular weight excluding hydrogens is 362 g/mol. The van der Waals surface area contributed by atoms with Crippen molar-refractivity contribution in [1.82, 2.24) is 20.0 Å². The molecule has 0 aliphatic carbocycles. The van der Waals surface area contributed by atoms with Crippen molar-refractivity contribution >= 4 is 11.9 Å². The molecule has 160 valence electrons. The summed E-state index contributed by atoms with van der Waals surface area (Å²) in [6, 6.07) is 8.93. The maximum atomic E-state index is 11.5. The highest BCUT2D eigenvalue weighted by Crippen LogP contribution is 2.18. The van der Waals surface area contributed by atoms with Gasteiger partial charge in [-0.3, -0.25) is 9.69 Å². The van der Waals surface area contributed by atoms with Crippen LogP contribution in [0.15, 0.2) is 29.3 Å². The zero-order valence-electron chi connectivity index (χ0n) is 18.4. The van der Waals surface area contributed by atoms with E-state index in [1.165, 1.54) is 37.1 Å². The maximum absolute atomic E-state index is 11.5. The first-order valence-electron chi connectivity index (χ1n) is 11.1. The number of likely N-dealkylation sites (tertiary alicyclic amines) is 1. The lowest BCUT2D eigenvalue weighted by atomic mass is 9.99. The van der Waals surface area contributed by atoms with Gasteiger partial charge in [-0.05, 0) is 43.4 Å². The molecule has 1 atom stereocenters. The molecule has 0 saturated carbocycles. The van der Waals surface area contributed by atoms with Crippen LogP contribution in [0.1, 0.15) is 44.7 Å². The summed E-state index contributed by atoms with van der Waals surface area (Å²) < 4.78 is 0. The van der Waals surface area contributed by atoms with Crippen LogP contribution in [0.25, 0.3) is 0 Å². The number of carbonyl (C=O) groups excluding carboxylic acids is 1. The second-order valence-corrected chi connectivity index (χ2v) is 8.46. The summed E-state index contributed by atoms with van der Waals surface area (Å²) >= 11 is 0. The number of benzene rings is 1. The van der Waals surface area contributed by atoms with Crippen molar-refractivity contribution in [3.63, 3.8) is 0 Å². The lowest BCUT2D eigenvalue weighted by molar-refractivity contribution is -0.130. The van der Waals surface area contributed by atoms with Crippen molar-refractivity contribution in [2.75, 3.05) is 45.8 Å². The van der Waals surface area contributed by atoms with Gasteiger partial charge in [0.1, 0.15) is 0 Å². The van der Waals surface area contributed by atoms with E-state index >= 15 is 0 Å². The maximum Gasteiger partial charge on any atom is 0.219 e. The van der Waals surface area contributed by atoms with Gasteiger partial charge >= 0.3 is 0 Å². The number of rotatable bonds is 5. The first-order chi connectivity index (χ1) is 14.0. The summed E-state index contributed by atoms with van der Waals surface area (Å²) in [6.45, 7) is 14.3. The van der Waals surface area contributed by atoms with Crippen molar-refractivity contribution in [2.45, 2.75) is 46.7 Å². The van der Waals surface area contributed by atoms with E-state index < -0.39 is 0 Å². The molecule has 2 fully saturated rings. The van der Waals surface area contributed by atoms with E-state index in [1.54, 1.807) is 6.92 Å². The quantitative estimate of drug-likeness (QED) is 0.611. The Balaban J connectivity index is 1.54. The molecule has 6 nitrogen and oxygen atoms in total. The van der Waals surface area contributed by atoms with E-state index in [0.29, 0.717) is 6.54 Å². The van der Waals surface area contributed by atoms with Gasteiger partial charge in [-0.25, -0.2) is 4.99 Å². The van der Waals surface area contributed by atoms with Crippen LogP contribution in [0.2, 0.25) is 0 Å².